The van der Waals surface area contributed by atoms with E-state index in [4.69, 9.17) is 5.73 Å². The first-order chi connectivity index (χ1) is 9.37. The van der Waals surface area contributed by atoms with Gasteiger partial charge in [-0.1, -0.05) is 19.1 Å². The molecule has 4 nitrogen and oxygen atoms in total. The molecular formula is C15H24N2O2S. The Balaban J connectivity index is 2.43. The van der Waals surface area contributed by atoms with Gasteiger partial charge in [0.1, 0.15) is 4.90 Å². The Morgan fingerprint density at radius 2 is 1.85 bits per heavy atom. The molecule has 2 N–H and O–H groups in total. The van der Waals surface area contributed by atoms with E-state index in [-0.39, 0.29) is 0 Å². The second kappa shape index (κ2) is 5.74. The number of hydrogen-bond donors (Lipinski definition) is 1. The van der Waals surface area contributed by atoms with Gasteiger partial charge in [0.25, 0.3) is 0 Å². The Kier molecular flexibility index (Phi) is 4.39. The van der Waals surface area contributed by atoms with Gasteiger partial charge in [-0.25, -0.2) is 8.42 Å². The third kappa shape index (κ3) is 2.99. The van der Waals surface area contributed by atoms with Gasteiger partial charge in [-0.15, -0.1) is 0 Å². The van der Waals surface area contributed by atoms with E-state index in [0.29, 0.717) is 29.6 Å². The topological polar surface area (TPSA) is 63.4 Å². The lowest BCUT2D eigenvalue weighted by Crippen LogP contribution is -2.34. The number of hydrogen-bond acceptors (Lipinski definition) is 3. The number of nitrogens with zero attached hydrogens (tertiary/aromatic N) is 1. The van der Waals surface area contributed by atoms with Crippen LogP contribution in [0.4, 0.5) is 5.69 Å². The van der Waals surface area contributed by atoms with Crippen LogP contribution in [0.2, 0.25) is 0 Å². The number of anilines is 1. The zero-order valence-corrected chi connectivity index (χ0v) is 13.3. The molecule has 2 rings (SSSR count). The van der Waals surface area contributed by atoms with Crippen LogP contribution < -0.4 is 5.73 Å². The summed E-state index contributed by atoms with van der Waals surface area (Å²) >= 11 is 0. The molecule has 1 saturated carbocycles. The molecule has 1 aliphatic carbocycles. The van der Waals surface area contributed by atoms with Crippen LogP contribution in [-0.4, -0.2) is 25.8 Å². The summed E-state index contributed by atoms with van der Waals surface area (Å²) < 4.78 is 27.5. The van der Waals surface area contributed by atoms with Gasteiger partial charge in [0.05, 0.1) is 5.69 Å². The summed E-state index contributed by atoms with van der Waals surface area (Å²) in [5.41, 5.74) is 7.98. The molecule has 5 heteroatoms. The second-order valence-electron chi connectivity index (χ2n) is 5.75. The molecule has 0 radical (unpaired) electrons. The highest BCUT2D eigenvalue weighted by Crippen LogP contribution is 2.34. The lowest BCUT2D eigenvalue weighted by atomic mass is 10.1. The Hall–Kier alpha value is -1.07. The van der Waals surface area contributed by atoms with E-state index < -0.39 is 10.0 Å². The van der Waals surface area contributed by atoms with Crippen LogP contribution >= 0.6 is 0 Å². The minimum atomic E-state index is -3.49. The van der Waals surface area contributed by atoms with Crippen LogP contribution in [-0.2, 0) is 10.0 Å². The van der Waals surface area contributed by atoms with Crippen molar-refractivity contribution < 1.29 is 8.42 Å². The van der Waals surface area contributed by atoms with Gasteiger partial charge in [-0.2, -0.15) is 4.31 Å². The summed E-state index contributed by atoms with van der Waals surface area (Å²) in [7, 11) is -3.49. The van der Waals surface area contributed by atoms with E-state index in [1.165, 1.54) is 0 Å². The van der Waals surface area contributed by atoms with Crippen molar-refractivity contribution in [3.63, 3.8) is 0 Å². The molecule has 0 heterocycles. The van der Waals surface area contributed by atoms with Gasteiger partial charge < -0.3 is 5.73 Å². The first kappa shape index (κ1) is 15.3. The molecule has 0 bridgehead atoms. The summed E-state index contributed by atoms with van der Waals surface area (Å²) in [6, 6.07) is 3.70. The fraction of sp³-hybridized carbons (Fsp3) is 0.600. The largest absolute Gasteiger partial charge is 0.397 e. The monoisotopic (exact) mass is 296 g/mol. The fourth-order valence-corrected chi connectivity index (χ4v) is 4.43. The predicted octanol–water partition coefficient (Wildman–Crippen LogP) is 2.70. The van der Waals surface area contributed by atoms with Crippen molar-refractivity contribution in [2.75, 3.05) is 18.8 Å². The summed E-state index contributed by atoms with van der Waals surface area (Å²) in [5, 5.41) is 0. The van der Waals surface area contributed by atoms with Gasteiger partial charge in [-0.3, -0.25) is 0 Å². The fourth-order valence-electron chi connectivity index (χ4n) is 2.43. The molecule has 1 aliphatic rings. The van der Waals surface area contributed by atoms with Crippen molar-refractivity contribution >= 4 is 15.7 Å². The van der Waals surface area contributed by atoms with Crippen molar-refractivity contribution in [3.8, 4) is 0 Å². The Labute approximate surface area is 122 Å². The van der Waals surface area contributed by atoms with E-state index in [1.807, 2.05) is 32.9 Å². The SMILES string of the molecule is CCCN(CC1CC1)S(=O)(=O)c1c(C)ccc(C)c1N. The number of aryl methyl sites for hydroxylation is 2. The third-order valence-electron chi connectivity index (χ3n) is 3.84. The van der Waals surface area contributed by atoms with Crippen LogP contribution in [0.5, 0.6) is 0 Å². The summed E-state index contributed by atoms with van der Waals surface area (Å²) in [6.45, 7) is 6.85. The molecule has 1 aromatic rings. The smallest absolute Gasteiger partial charge is 0.245 e. The molecule has 20 heavy (non-hydrogen) atoms. The van der Waals surface area contributed by atoms with Crippen molar-refractivity contribution in [2.45, 2.75) is 44.9 Å². The van der Waals surface area contributed by atoms with Crippen molar-refractivity contribution in [1.29, 1.82) is 0 Å². The molecular weight excluding hydrogens is 272 g/mol. The van der Waals surface area contributed by atoms with E-state index in [0.717, 1.165) is 30.4 Å². The number of nitrogen functional groups attached to an aromatic ring is 1. The molecule has 0 unspecified atom stereocenters. The van der Waals surface area contributed by atoms with E-state index >= 15 is 0 Å². The number of benzene rings is 1. The minimum absolute atomic E-state index is 0.298. The highest BCUT2D eigenvalue weighted by Gasteiger charge is 2.33. The molecule has 112 valence electrons. The first-order valence-corrected chi connectivity index (χ1v) is 8.67. The third-order valence-corrected chi connectivity index (χ3v) is 5.91. The van der Waals surface area contributed by atoms with Crippen LogP contribution in [0.15, 0.2) is 17.0 Å². The zero-order valence-electron chi connectivity index (χ0n) is 12.5. The minimum Gasteiger partial charge on any atom is -0.397 e. The molecule has 1 aromatic carbocycles. The van der Waals surface area contributed by atoms with Gasteiger partial charge in [0, 0.05) is 13.1 Å². The van der Waals surface area contributed by atoms with Gasteiger partial charge in [0.15, 0.2) is 0 Å². The van der Waals surface area contributed by atoms with Crippen LogP contribution in [0, 0.1) is 19.8 Å². The van der Waals surface area contributed by atoms with Crippen LogP contribution in [0.25, 0.3) is 0 Å². The van der Waals surface area contributed by atoms with Gasteiger partial charge >= 0.3 is 0 Å². The molecule has 0 aromatic heterocycles. The van der Waals surface area contributed by atoms with Crippen molar-refractivity contribution in [2.24, 2.45) is 5.92 Å². The maximum absolute atomic E-state index is 12.9. The Morgan fingerprint density at radius 1 is 1.25 bits per heavy atom. The summed E-state index contributed by atoms with van der Waals surface area (Å²) in [4.78, 5) is 0.298. The second-order valence-corrected chi connectivity index (χ2v) is 7.62. The Bertz CT molecular complexity index is 592. The quantitative estimate of drug-likeness (QED) is 0.821. The number of sulfonamides is 1. The lowest BCUT2D eigenvalue weighted by Gasteiger charge is -2.24. The lowest BCUT2D eigenvalue weighted by molar-refractivity contribution is 0.395. The number of rotatable bonds is 6. The molecule has 0 atom stereocenters. The first-order valence-electron chi connectivity index (χ1n) is 7.23. The van der Waals surface area contributed by atoms with Crippen LogP contribution in [0.1, 0.15) is 37.3 Å². The van der Waals surface area contributed by atoms with E-state index in [1.54, 1.807) is 4.31 Å². The van der Waals surface area contributed by atoms with Gasteiger partial charge in [0.2, 0.25) is 10.0 Å². The average Bonchev–Trinajstić information content (AvgIpc) is 3.17. The Morgan fingerprint density at radius 3 is 2.40 bits per heavy atom. The molecule has 1 fully saturated rings. The molecule has 0 spiro atoms. The maximum Gasteiger partial charge on any atom is 0.245 e. The molecule has 0 amide bonds. The highest BCUT2D eigenvalue weighted by atomic mass is 32.2. The highest BCUT2D eigenvalue weighted by molar-refractivity contribution is 7.89. The number of nitrogens with two attached hydrogens (primary N) is 1. The summed E-state index contributed by atoms with van der Waals surface area (Å²) in [6.07, 6.45) is 3.09. The molecule has 0 aliphatic heterocycles. The zero-order chi connectivity index (χ0) is 14.9. The van der Waals surface area contributed by atoms with Gasteiger partial charge in [-0.05, 0) is 50.2 Å². The van der Waals surface area contributed by atoms with Crippen molar-refractivity contribution in [1.82, 2.24) is 4.31 Å². The normalized spacial score (nSPS) is 15.8. The standard InChI is InChI=1S/C15H24N2O2S/c1-4-9-17(10-13-7-8-13)20(18,19)15-12(3)6-5-11(2)14(15)16/h5-6,13H,4,7-10,16H2,1-3H3. The average molecular weight is 296 g/mol. The van der Waals surface area contributed by atoms with E-state index in [2.05, 4.69) is 0 Å². The maximum atomic E-state index is 12.9. The molecule has 0 saturated heterocycles. The van der Waals surface area contributed by atoms with E-state index in [9.17, 15) is 8.42 Å². The van der Waals surface area contributed by atoms with Crippen molar-refractivity contribution in [3.05, 3.63) is 23.3 Å². The summed E-state index contributed by atoms with van der Waals surface area (Å²) in [5.74, 6) is 0.530. The predicted molar refractivity (Wildman–Crippen MR) is 82.1 cm³/mol. The van der Waals surface area contributed by atoms with Crippen LogP contribution in [0.3, 0.4) is 0 Å².